The van der Waals surface area contributed by atoms with Gasteiger partial charge >= 0.3 is 0 Å². The Morgan fingerprint density at radius 2 is 1.90 bits per heavy atom. The summed E-state index contributed by atoms with van der Waals surface area (Å²) in [7, 11) is 0. The van der Waals surface area contributed by atoms with Crippen LogP contribution in [0.1, 0.15) is 34.6 Å². The Bertz CT molecular complexity index is 645. The highest BCUT2D eigenvalue weighted by atomic mass is 32.2. The minimum Gasteiger partial charge on any atom is -0.388 e. The lowest BCUT2D eigenvalue weighted by molar-refractivity contribution is -0.387. The SMILES string of the molecule is Cc1cc(C)cc(CSc2sc([C@@H](C)O)cc2[N+](=O)[O-])c1. The molecule has 1 heterocycles. The zero-order chi connectivity index (χ0) is 15.6. The Morgan fingerprint density at radius 3 is 2.43 bits per heavy atom. The number of thioether (sulfide) groups is 1. The van der Waals surface area contributed by atoms with Crippen molar-refractivity contribution in [1.82, 2.24) is 0 Å². The maximum absolute atomic E-state index is 11.1. The number of nitrogens with zero attached hydrogens (tertiary/aromatic N) is 1. The van der Waals surface area contributed by atoms with E-state index in [2.05, 4.69) is 18.2 Å². The van der Waals surface area contributed by atoms with E-state index < -0.39 is 6.10 Å². The summed E-state index contributed by atoms with van der Waals surface area (Å²) in [5.74, 6) is 0.684. The van der Waals surface area contributed by atoms with Crippen molar-refractivity contribution in [2.45, 2.75) is 36.8 Å². The van der Waals surface area contributed by atoms with E-state index in [1.54, 1.807) is 6.92 Å². The van der Waals surface area contributed by atoms with Gasteiger partial charge in [-0.3, -0.25) is 10.1 Å². The third kappa shape index (κ3) is 4.06. The third-order valence-corrected chi connectivity index (χ3v) is 5.60. The predicted molar refractivity (Wildman–Crippen MR) is 87.1 cm³/mol. The van der Waals surface area contributed by atoms with E-state index in [0.717, 1.165) is 5.56 Å². The molecule has 4 nitrogen and oxygen atoms in total. The number of hydrogen-bond acceptors (Lipinski definition) is 5. The summed E-state index contributed by atoms with van der Waals surface area (Å²) < 4.78 is 0.648. The van der Waals surface area contributed by atoms with Crippen molar-refractivity contribution < 1.29 is 10.0 Å². The van der Waals surface area contributed by atoms with Crippen molar-refractivity contribution in [2.75, 3.05) is 0 Å². The molecule has 112 valence electrons. The minimum absolute atomic E-state index is 0.0882. The molecule has 0 spiro atoms. The second kappa shape index (κ2) is 6.60. The molecule has 0 amide bonds. The first-order valence-corrected chi connectivity index (χ1v) is 8.33. The first kappa shape index (κ1) is 16.0. The van der Waals surface area contributed by atoms with Gasteiger partial charge in [0, 0.05) is 16.7 Å². The van der Waals surface area contributed by atoms with E-state index in [4.69, 9.17) is 0 Å². The van der Waals surface area contributed by atoms with Crippen LogP contribution in [0, 0.1) is 24.0 Å². The van der Waals surface area contributed by atoms with E-state index in [9.17, 15) is 15.2 Å². The number of benzene rings is 1. The van der Waals surface area contributed by atoms with Gasteiger partial charge in [-0.1, -0.05) is 29.3 Å². The average molecular weight is 323 g/mol. The van der Waals surface area contributed by atoms with Gasteiger partial charge in [-0.2, -0.15) is 0 Å². The summed E-state index contributed by atoms with van der Waals surface area (Å²) in [6.45, 7) is 5.70. The molecular weight excluding hydrogens is 306 g/mol. The molecule has 0 aliphatic rings. The van der Waals surface area contributed by atoms with Gasteiger partial charge in [-0.25, -0.2) is 0 Å². The van der Waals surface area contributed by atoms with Crippen LogP contribution in [-0.2, 0) is 5.75 Å². The van der Waals surface area contributed by atoms with E-state index in [1.165, 1.54) is 40.3 Å². The first-order chi connectivity index (χ1) is 9.86. The van der Waals surface area contributed by atoms with Crippen LogP contribution in [0.4, 0.5) is 5.69 Å². The van der Waals surface area contributed by atoms with Crippen LogP contribution >= 0.6 is 23.1 Å². The van der Waals surface area contributed by atoms with Gasteiger partial charge in [0.1, 0.15) is 4.21 Å². The molecule has 2 aromatic rings. The number of aliphatic hydroxyl groups excluding tert-OH is 1. The summed E-state index contributed by atoms with van der Waals surface area (Å²) in [6.07, 6.45) is -0.677. The zero-order valence-electron chi connectivity index (χ0n) is 12.1. The molecule has 1 aromatic carbocycles. The van der Waals surface area contributed by atoms with Crippen molar-refractivity contribution in [3.8, 4) is 0 Å². The highest BCUT2D eigenvalue weighted by Crippen LogP contribution is 2.41. The Hall–Kier alpha value is -1.37. The molecule has 0 radical (unpaired) electrons. The maximum Gasteiger partial charge on any atom is 0.294 e. The van der Waals surface area contributed by atoms with E-state index in [0.29, 0.717) is 14.8 Å². The molecule has 0 unspecified atom stereocenters. The number of nitro groups is 1. The monoisotopic (exact) mass is 323 g/mol. The van der Waals surface area contributed by atoms with Crippen molar-refractivity contribution in [2.24, 2.45) is 0 Å². The molecule has 6 heteroatoms. The lowest BCUT2D eigenvalue weighted by Crippen LogP contribution is -1.88. The second-order valence-electron chi connectivity index (χ2n) is 5.04. The largest absolute Gasteiger partial charge is 0.388 e. The number of rotatable bonds is 5. The fraction of sp³-hybridized carbons (Fsp3) is 0.333. The Balaban J connectivity index is 2.20. The van der Waals surface area contributed by atoms with E-state index in [-0.39, 0.29) is 10.6 Å². The lowest BCUT2D eigenvalue weighted by atomic mass is 10.1. The van der Waals surface area contributed by atoms with Crippen LogP contribution in [0.2, 0.25) is 0 Å². The van der Waals surface area contributed by atoms with Gasteiger partial charge in [0.05, 0.1) is 11.0 Å². The van der Waals surface area contributed by atoms with Crippen LogP contribution in [0.3, 0.4) is 0 Å². The fourth-order valence-electron chi connectivity index (χ4n) is 2.12. The Morgan fingerprint density at radius 1 is 1.29 bits per heavy atom. The molecule has 0 saturated heterocycles. The van der Waals surface area contributed by atoms with Gasteiger partial charge < -0.3 is 5.11 Å². The van der Waals surface area contributed by atoms with Gasteiger partial charge in [0.2, 0.25) is 0 Å². The van der Waals surface area contributed by atoms with Gasteiger partial charge in [0.25, 0.3) is 5.69 Å². The lowest BCUT2D eigenvalue weighted by Gasteiger charge is -2.04. The minimum atomic E-state index is -0.677. The molecule has 0 aliphatic carbocycles. The van der Waals surface area contributed by atoms with Crippen molar-refractivity contribution in [3.05, 3.63) is 55.9 Å². The van der Waals surface area contributed by atoms with Crippen LogP contribution in [0.15, 0.2) is 28.5 Å². The maximum atomic E-state index is 11.1. The fourth-order valence-corrected chi connectivity index (χ4v) is 4.36. The molecule has 0 bridgehead atoms. The van der Waals surface area contributed by atoms with Gasteiger partial charge in [0.15, 0.2) is 0 Å². The van der Waals surface area contributed by atoms with Crippen molar-refractivity contribution in [3.63, 3.8) is 0 Å². The highest BCUT2D eigenvalue weighted by molar-refractivity contribution is 8.00. The molecule has 0 aliphatic heterocycles. The quantitative estimate of drug-likeness (QED) is 0.495. The molecule has 1 atom stereocenters. The first-order valence-electron chi connectivity index (χ1n) is 6.53. The highest BCUT2D eigenvalue weighted by Gasteiger charge is 2.21. The van der Waals surface area contributed by atoms with E-state index >= 15 is 0 Å². The predicted octanol–water partition coefficient (Wildman–Crippen LogP) is 4.62. The third-order valence-electron chi connectivity index (χ3n) is 2.96. The zero-order valence-corrected chi connectivity index (χ0v) is 13.8. The molecule has 21 heavy (non-hydrogen) atoms. The van der Waals surface area contributed by atoms with Crippen molar-refractivity contribution >= 4 is 28.8 Å². The number of thiophene rings is 1. The average Bonchev–Trinajstić information content (AvgIpc) is 2.79. The standard InChI is InChI=1S/C15H17NO3S2/c1-9-4-10(2)6-12(5-9)8-20-15-13(16(18)19)7-14(21-15)11(3)17/h4-7,11,17H,8H2,1-3H3/t11-/m1/s1. The Labute approximate surface area is 132 Å². The molecule has 2 rings (SSSR count). The topological polar surface area (TPSA) is 63.4 Å². The summed E-state index contributed by atoms with van der Waals surface area (Å²) in [6, 6.07) is 7.76. The number of aliphatic hydroxyl groups is 1. The molecule has 1 N–H and O–H groups in total. The molecule has 0 fully saturated rings. The summed E-state index contributed by atoms with van der Waals surface area (Å²) >= 11 is 2.74. The normalized spacial score (nSPS) is 12.4. The molecular formula is C15H17NO3S2. The van der Waals surface area contributed by atoms with Crippen LogP contribution in [0.5, 0.6) is 0 Å². The van der Waals surface area contributed by atoms with Gasteiger partial charge in [-0.15, -0.1) is 23.1 Å². The molecule has 0 saturated carbocycles. The molecule has 1 aromatic heterocycles. The summed E-state index contributed by atoms with van der Waals surface area (Å²) in [4.78, 5) is 11.3. The van der Waals surface area contributed by atoms with Crippen LogP contribution < -0.4 is 0 Å². The van der Waals surface area contributed by atoms with Crippen LogP contribution in [0.25, 0.3) is 0 Å². The number of aryl methyl sites for hydroxylation is 2. The van der Waals surface area contributed by atoms with Crippen LogP contribution in [-0.4, -0.2) is 10.0 Å². The smallest absolute Gasteiger partial charge is 0.294 e. The van der Waals surface area contributed by atoms with E-state index in [1.807, 2.05) is 13.8 Å². The van der Waals surface area contributed by atoms with Gasteiger partial charge in [-0.05, 0) is 26.3 Å². The second-order valence-corrected chi connectivity index (χ2v) is 7.37. The Kier molecular flexibility index (Phi) is 5.03. The summed E-state index contributed by atoms with van der Waals surface area (Å²) in [5, 5.41) is 20.7. The van der Waals surface area contributed by atoms with Crippen molar-refractivity contribution in [1.29, 1.82) is 0 Å². The summed E-state index contributed by atoms with van der Waals surface area (Å²) in [5.41, 5.74) is 3.62. The number of hydrogen-bond donors (Lipinski definition) is 1.